The molecular formula is C21H24FN3O3. The summed E-state index contributed by atoms with van der Waals surface area (Å²) in [6.45, 7) is 3.34. The van der Waals surface area contributed by atoms with E-state index < -0.39 is 5.54 Å². The summed E-state index contributed by atoms with van der Waals surface area (Å²) in [6.07, 6.45) is 5.04. The zero-order chi connectivity index (χ0) is 19.7. The lowest BCUT2D eigenvalue weighted by atomic mass is 9.99. The standard InChI is InChI=1S/C21H24FN3O3/c1-21(8-4-10-25(21)19(27)14-24-9-3-7-18(24)26)20-23-13-17(28-20)12-15-5-2-6-16(22)11-15/h2,5-6,11,13H,3-4,7-10,12,14H2,1H3/t21-/m0/s1. The fourth-order valence-electron chi connectivity index (χ4n) is 4.19. The topological polar surface area (TPSA) is 66.7 Å². The minimum Gasteiger partial charge on any atom is -0.443 e. The van der Waals surface area contributed by atoms with E-state index in [0.29, 0.717) is 37.6 Å². The normalized spacial score (nSPS) is 22.3. The van der Waals surface area contributed by atoms with Gasteiger partial charge < -0.3 is 14.2 Å². The van der Waals surface area contributed by atoms with E-state index in [9.17, 15) is 14.0 Å². The van der Waals surface area contributed by atoms with E-state index in [2.05, 4.69) is 4.98 Å². The van der Waals surface area contributed by atoms with Gasteiger partial charge in [-0.15, -0.1) is 0 Å². The van der Waals surface area contributed by atoms with E-state index >= 15 is 0 Å². The molecule has 0 aliphatic carbocycles. The molecule has 0 bridgehead atoms. The Bertz CT molecular complexity index is 897. The van der Waals surface area contributed by atoms with Gasteiger partial charge in [0.25, 0.3) is 0 Å². The third kappa shape index (κ3) is 3.53. The van der Waals surface area contributed by atoms with Crippen LogP contribution in [0.25, 0.3) is 0 Å². The lowest BCUT2D eigenvalue weighted by Crippen LogP contribution is -2.47. The molecule has 1 aromatic heterocycles. The van der Waals surface area contributed by atoms with Crippen LogP contribution < -0.4 is 0 Å². The molecule has 0 spiro atoms. The van der Waals surface area contributed by atoms with Crippen LogP contribution in [0.4, 0.5) is 4.39 Å². The van der Waals surface area contributed by atoms with E-state index in [1.165, 1.54) is 12.1 Å². The summed E-state index contributed by atoms with van der Waals surface area (Å²) >= 11 is 0. The molecule has 0 unspecified atom stereocenters. The highest BCUT2D eigenvalue weighted by Crippen LogP contribution is 2.38. The number of hydrogen-bond acceptors (Lipinski definition) is 4. The van der Waals surface area contributed by atoms with Gasteiger partial charge in [0, 0.05) is 25.9 Å². The molecular weight excluding hydrogens is 361 g/mol. The molecule has 0 saturated carbocycles. The first-order chi connectivity index (χ1) is 13.5. The number of hydrogen-bond donors (Lipinski definition) is 0. The Balaban J connectivity index is 1.49. The smallest absolute Gasteiger partial charge is 0.243 e. The van der Waals surface area contributed by atoms with Crippen LogP contribution in [0.3, 0.4) is 0 Å². The first-order valence-electron chi connectivity index (χ1n) is 9.73. The maximum atomic E-state index is 13.4. The summed E-state index contributed by atoms with van der Waals surface area (Å²) in [5.41, 5.74) is 0.180. The van der Waals surface area contributed by atoms with Crippen molar-refractivity contribution in [2.75, 3.05) is 19.6 Å². The number of aromatic nitrogens is 1. The number of oxazole rings is 1. The van der Waals surface area contributed by atoms with Crippen LogP contribution in [0.1, 0.15) is 49.8 Å². The number of amides is 2. The van der Waals surface area contributed by atoms with Crippen molar-refractivity contribution in [2.24, 2.45) is 0 Å². The number of carbonyl (C=O) groups is 2. The minimum absolute atomic E-state index is 0.0442. The van der Waals surface area contributed by atoms with Crippen LogP contribution in [0.5, 0.6) is 0 Å². The van der Waals surface area contributed by atoms with Crippen LogP contribution in [0.15, 0.2) is 34.9 Å². The SMILES string of the molecule is C[C@@]1(c2ncc(Cc3cccc(F)c3)o2)CCCN1C(=O)CN1CCCC1=O. The van der Waals surface area contributed by atoms with E-state index in [1.807, 2.05) is 13.0 Å². The van der Waals surface area contributed by atoms with Gasteiger partial charge in [-0.05, 0) is 43.9 Å². The van der Waals surface area contributed by atoms with E-state index in [4.69, 9.17) is 4.42 Å². The third-order valence-electron chi connectivity index (χ3n) is 5.72. The summed E-state index contributed by atoms with van der Waals surface area (Å²) in [5.74, 6) is 0.824. The van der Waals surface area contributed by atoms with Gasteiger partial charge in [0.15, 0.2) is 0 Å². The van der Waals surface area contributed by atoms with E-state index in [-0.39, 0.29) is 24.2 Å². The van der Waals surface area contributed by atoms with Crippen molar-refractivity contribution in [3.05, 3.63) is 53.5 Å². The molecule has 7 heteroatoms. The van der Waals surface area contributed by atoms with Crippen LogP contribution in [0.2, 0.25) is 0 Å². The molecule has 2 aliphatic heterocycles. The predicted molar refractivity (Wildman–Crippen MR) is 99.8 cm³/mol. The van der Waals surface area contributed by atoms with Crippen LogP contribution in [-0.4, -0.2) is 46.2 Å². The highest BCUT2D eigenvalue weighted by atomic mass is 19.1. The first-order valence-corrected chi connectivity index (χ1v) is 9.73. The van der Waals surface area contributed by atoms with Gasteiger partial charge in [0.2, 0.25) is 17.7 Å². The molecule has 6 nitrogen and oxygen atoms in total. The molecule has 148 valence electrons. The van der Waals surface area contributed by atoms with Gasteiger partial charge in [-0.2, -0.15) is 0 Å². The molecule has 4 rings (SSSR count). The fraction of sp³-hybridized carbons (Fsp3) is 0.476. The van der Waals surface area contributed by atoms with Crippen molar-refractivity contribution in [3.63, 3.8) is 0 Å². The maximum absolute atomic E-state index is 13.4. The first kappa shape index (κ1) is 18.7. The molecule has 2 aliphatic rings. The van der Waals surface area contributed by atoms with Gasteiger partial charge in [-0.25, -0.2) is 9.37 Å². The zero-order valence-electron chi connectivity index (χ0n) is 16.0. The number of carbonyl (C=O) groups excluding carboxylic acids is 2. The second-order valence-electron chi connectivity index (χ2n) is 7.78. The van der Waals surface area contributed by atoms with Gasteiger partial charge >= 0.3 is 0 Å². The number of likely N-dealkylation sites (tertiary alicyclic amines) is 2. The summed E-state index contributed by atoms with van der Waals surface area (Å²) in [4.78, 5) is 32.6. The van der Waals surface area contributed by atoms with Crippen molar-refractivity contribution in [3.8, 4) is 0 Å². The molecule has 28 heavy (non-hydrogen) atoms. The molecule has 0 radical (unpaired) electrons. The Morgan fingerprint density at radius 1 is 1.32 bits per heavy atom. The monoisotopic (exact) mass is 385 g/mol. The molecule has 0 N–H and O–H groups in total. The number of benzene rings is 1. The average molecular weight is 385 g/mol. The Kier molecular flexibility index (Phi) is 4.91. The maximum Gasteiger partial charge on any atom is 0.243 e. The Hall–Kier alpha value is -2.70. The highest BCUT2D eigenvalue weighted by molar-refractivity contribution is 5.86. The predicted octanol–water partition coefficient (Wildman–Crippen LogP) is 2.86. The van der Waals surface area contributed by atoms with Gasteiger partial charge in [0.05, 0.1) is 12.7 Å². The quantitative estimate of drug-likeness (QED) is 0.794. The van der Waals surface area contributed by atoms with Crippen molar-refractivity contribution in [2.45, 2.75) is 44.6 Å². The highest BCUT2D eigenvalue weighted by Gasteiger charge is 2.45. The average Bonchev–Trinajstić information content (AvgIpc) is 3.37. The zero-order valence-corrected chi connectivity index (χ0v) is 16.0. The molecule has 2 aromatic rings. The summed E-state index contributed by atoms with van der Waals surface area (Å²) in [7, 11) is 0. The van der Waals surface area contributed by atoms with Crippen LogP contribution >= 0.6 is 0 Å². The van der Waals surface area contributed by atoms with E-state index in [0.717, 1.165) is 24.8 Å². The number of rotatable bonds is 5. The van der Waals surface area contributed by atoms with Crippen molar-refractivity contribution < 1.29 is 18.4 Å². The molecule has 1 atom stereocenters. The summed E-state index contributed by atoms with van der Waals surface area (Å²) in [5, 5.41) is 0. The second kappa shape index (κ2) is 7.37. The molecule has 2 fully saturated rings. The van der Waals surface area contributed by atoms with Crippen molar-refractivity contribution in [1.29, 1.82) is 0 Å². The Morgan fingerprint density at radius 2 is 2.18 bits per heavy atom. The Morgan fingerprint density at radius 3 is 2.93 bits per heavy atom. The van der Waals surface area contributed by atoms with Gasteiger partial charge in [-0.1, -0.05) is 12.1 Å². The fourth-order valence-corrected chi connectivity index (χ4v) is 4.19. The number of nitrogens with zero attached hydrogens (tertiary/aromatic N) is 3. The minimum atomic E-state index is -0.625. The Labute approximate surface area is 163 Å². The molecule has 2 saturated heterocycles. The van der Waals surface area contributed by atoms with E-state index in [1.54, 1.807) is 22.1 Å². The third-order valence-corrected chi connectivity index (χ3v) is 5.72. The molecule has 3 heterocycles. The van der Waals surface area contributed by atoms with Gasteiger partial charge in [0.1, 0.15) is 17.1 Å². The van der Waals surface area contributed by atoms with Crippen molar-refractivity contribution in [1.82, 2.24) is 14.8 Å². The molecule has 1 aromatic carbocycles. The molecule has 2 amide bonds. The van der Waals surface area contributed by atoms with Gasteiger partial charge in [-0.3, -0.25) is 9.59 Å². The lowest BCUT2D eigenvalue weighted by molar-refractivity contribution is -0.141. The van der Waals surface area contributed by atoms with Crippen LogP contribution in [0, 0.1) is 5.82 Å². The lowest BCUT2D eigenvalue weighted by Gasteiger charge is -2.33. The summed E-state index contributed by atoms with van der Waals surface area (Å²) in [6, 6.07) is 6.39. The van der Waals surface area contributed by atoms with Crippen molar-refractivity contribution >= 4 is 11.8 Å². The van der Waals surface area contributed by atoms with Crippen LogP contribution in [-0.2, 0) is 21.5 Å². The second-order valence-corrected chi connectivity index (χ2v) is 7.78. The summed E-state index contributed by atoms with van der Waals surface area (Å²) < 4.78 is 19.4. The number of halogens is 1. The largest absolute Gasteiger partial charge is 0.443 e.